The van der Waals surface area contributed by atoms with Crippen LogP contribution >= 0.6 is 11.6 Å². The average Bonchev–Trinajstić information content (AvgIpc) is 2.34. The predicted molar refractivity (Wildman–Crippen MR) is 73.6 cm³/mol. The molecule has 0 saturated heterocycles. The molecule has 1 atom stereocenters. The molecule has 0 aromatic heterocycles. The number of hydrogen-bond acceptors (Lipinski definition) is 2. The summed E-state index contributed by atoms with van der Waals surface area (Å²) in [6, 6.07) is 8.52. The first-order valence-electron chi connectivity index (χ1n) is 5.96. The Morgan fingerprint density at radius 1 is 1.35 bits per heavy atom. The van der Waals surface area contributed by atoms with Crippen molar-refractivity contribution in [1.29, 1.82) is 0 Å². The van der Waals surface area contributed by atoms with Crippen LogP contribution in [0.4, 0.5) is 0 Å². The van der Waals surface area contributed by atoms with Gasteiger partial charge in [0.2, 0.25) is 0 Å². The quantitative estimate of drug-likeness (QED) is 0.796. The van der Waals surface area contributed by atoms with Crippen molar-refractivity contribution in [2.45, 2.75) is 26.3 Å². The van der Waals surface area contributed by atoms with Gasteiger partial charge >= 0.3 is 0 Å². The molecule has 1 unspecified atom stereocenters. The van der Waals surface area contributed by atoms with E-state index in [1.807, 2.05) is 12.1 Å². The van der Waals surface area contributed by atoms with Gasteiger partial charge in [-0.15, -0.1) is 0 Å². The van der Waals surface area contributed by atoms with Crippen molar-refractivity contribution in [2.75, 3.05) is 13.2 Å². The number of nitrogens with one attached hydrogen (secondary N) is 1. The number of benzene rings is 1. The highest BCUT2D eigenvalue weighted by molar-refractivity contribution is 6.29. The van der Waals surface area contributed by atoms with E-state index in [0.717, 1.165) is 18.7 Å². The summed E-state index contributed by atoms with van der Waals surface area (Å²) in [5, 5.41) is 3.95. The molecular formula is C14H20ClNO. The first-order valence-corrected chi connectivity index (χ1v) is 6.34. The Hall–Kier alpha value is -0.990. The fraction of sp³-hybridized carbons (Fsp3) is 0.429. The normalized spacial score (nSPS) is 12.2. The fourth-order valence-corrected chi connectivity index (χ4v) is 1.76. The molecule has 0 radical (unpaired) electrons. The summed E-state index contributed by atoms with van der Waals surface area (Å²) in [6.07, 6.45) is 1.08. The van der Waals surface area contributed by atoms with Gasteiger partial charge in [-0.25, -0.2) is 0 Å². The molecular weight excluding hydrogens is 234 g/mol. The van der Waals surface area contributed by atoms with Crippen LogP contribution in [0, 0.1) is 0 Å². The summed E-state index contributed by atoms with van der Waals surface area (Å²) in [5.41, 5.74) is 1.28. The summed E-state index contributed by atoms with van der Waals surface area (Å²) in [6.45, 7) is 9.20. The second kappa shape index (κ2) is 7.36. The fourth-order valence-electron chi connectivity index (χ4n) is 1.70. The second-order valence-electron chi connectivity index (χ2n) is 3.89. The van der Waals surface area contributed by atoms with Crippen LogP contribution in [0.3, 0.4) is 0 Å². The number of halogens is 1. The molecule has 1 rings (SSSR count). The molecule has 1 aromatic rings. The monoisotopic (exact) mass is 253 g/mol. The van der Waals surface area contributed by atoms with Crippen LogP contribution in [0.1, 0.15) is 31.9 Å². The van der Waals surface area contributed by atoms with Gasteiger partial charge in [0.15, 0.2) is 0 Å². The molecule has 0 aliphatic rings. The van der Waals surface area contributed by atoms with E-state index < -0.39 is 0 Å². The number of hydrogen-bond donors (Lipinski definition) is 1. The summed E-state index contributed by atoms with van der Waals surface area (Å²) >= 11 is 5.64. The van der Waals surface area contributed by atoms with Crippen molar-refractivity contribution < 1.29 is 4.74 Å². The molecule has 0 aliphatic carbocycles. The Balaban J connectivity index is 2.62. The van der Waals surface area contributed by atoms with E-state index in [1.54, 1.807) is 0 Å². The van der Waals surface area contributed by atoms with Crippen molar-refractivity contribution in [3.05, 3.63) is 41.4 Å². The molecule has 94 valence electrons. The lowest BCUT2D eigenvalue weighted by atomic mass is 10.0. The third kappa shape index (κ3) is 4.80. The largest absolute Gasteiger partial charge is 0.488 e. The molecule has 0 spiro atoms. The zero-order valence-electron chi connectivity index (χ0n) is 10.5. The molecule has 1 N–H and O–H groups in total. The lowest BCUT2D eigenvalue weighted by molar-refractivity contribution is 0.359. The highest BCUT2D eigenvalue weighted by Gasteiger charge is 2.07. The van der Waals surface area contributed by atoms with Gasteiger partial charge in [-0.1, -0.05) is 44.2 Å². The van der Waals surface area contributed by atoms with Gasteiger partial charge in [-0.2, -0.15) is 0 Å². The SMILES string of the molecule is C=C(Cl)COc1ccc(C(CC)NCC)cc1. The van der Waals surface area contributed by atoms with Crippen LogP contribution < -0.4 is 10.1 Å². The van der Waals surface area contributed by atoms with Crippen LogP contribution in [-0.4, -0.2) is 13.2 Å². The summed E-state index contributed by atoms with van der Waals surface area (Å²) in [5.74, 6) is 0.821. The lowest BCUT2D eigenvalue weighted by Gasteiger charge is -2.16. The zero-order valence-corrected chi connectivity index (χ0v) is 11.3. The van der Waals surface area contributed by atoms with Crippen molar-refractivity contribution in [2.24, 2.45) is 0 Å². The number of rotatable bonds is 7. The van der Waals surface area contributed by atoms with Crippen molar-refractivity contribution in [1.82, 2.24) is 5.32 Å². The molecule has 0 aliphatic heterocycles. The minimum absolute atomic E-state index is 0.352. The second-order valence-corrected chi connectivity index (χ2v) is 4.43. The van der Waals surface area contributed by atoms with E-state index in [0.29, 0.717) is 17.7 Å². The van der Waals surface area contributed by atoms with Crippen LogP contribution in [0.5, 0.6) is 5.75 Å². The minimum Gasteiger partial charge on any atom is -0.488 e. The van der Waals surface area contributed by atoms with Gasteiger partial charge in [0.1, 0.15) is 12.4 Å². The predicted octanol–water partition coefficient (Wildman–Crippen LogP) is 3.88. The summed E-state index contributed by atoms with van der Waals surface area (Å²) in [4.78, 5) is 0. The van der Waals surface area contributed by atoms with Crippen LogP contribution in [-0.2, 0) is 0 Å². The summed E-state index contributed by atoms with van der Waals surface area (Å²) in [7, 11) is 0. The first kappa shape index (κ1) is 14.1. The Morgan fingerprint density at radius 3 is 2.47 bits per heavy atom. The lowest BCUT2D eigenvalue weighted by Crippen LogP contribution is -2.19. The van der Waals surface area contributed by atoms with Crippen molar-refractivity contribution in [3.63, 3.8) is 0 Å². The van der Waals surface area contributed by atoms with Crippen molar-refractivity contribution in [3.8, 4) is 5.75 Å². The van der Waals surface area contributed by atoms with Gasteiger partial charge in [-0.05, 0) is 30.7 Å². The van der Waals surface area contributed by atoms with Crippen molar-refractivity contribution >= 4 is 11.6 Å². The van der Waals surface area contributed by atoms with E-state index in [-0.39, 0.29) is 0 Å². The van der Waals surface area contributed by atoms with E-state index in [1.165, 1.54) is 5.56 Å². The molecule has 1 aromatic carbocycles. The Bertz CT molecular complexity index is 348. The van der Waals surface area contributed by atoms with Gasteiger partial charge in [0.25, 0.3) is 0 Å². The minimum atomic E-state index is 0.352. The molecule has 0 bridgehead atoms. The molecule has 17 heavy (non-hydrogen) atoms. The van der Waals surface area contributed by atoms with Crippen LogP contribution in [0.2, 0.25) is 0 Å². The van der Waals surface area contributed by atoms with Crippen LogP contribution in [0.25, 0.3) is 0 Å². The topological polar surface area (TPSA) is 21.3 Å². The van der Waals surface area contributed by atoms with Gasteiger partial charge in [0.05, 0.1) is 0 Å². The Morgan fingerprint density at radius 2 is 2.00 bits per heavy atom. The molecule has 0 amide bonds. The summed E-state index contributed by atoms with van der Waals surface area (Å²) < 4.78 is 5.44. The van der Waals surface area contributed by atoms with E-state index >= 15 is 0 Å². The molecule has 0 saturated carbocycles. The molecule has 3 heteroatoms. The van der Waals surface area contributed by atoms with Gasteiger partial charge in [-0.3, -0.25) is 0 Å². The highest BCUT2D eigenvalue weighted by atomic mass is 35.5. The third-order valence-electron chi connectivity index (χ3n) is 2.54. The zero-order chi connectivity index (χ0) is 12.7. The smallest absolute Gasteiger partial charge is 0.123 e. The number of ether oxygens (including phenoxy) is 1. The Kier molecular flexibility index (Phi) is 6.09. The molecule has 0 fully saturated rings. The first-order chi connectivity index (χ1) is 8.17. The van der Waals surface area contributed by atoms with E-state index in [9.17, 15) is 0 Å². The van der Waals surface area contributed by atoms with Gasteiger partial charge < -0.3 is 10.1 Å². The average molecular weight is 254 g/mol. The Labute approximate surface area is 109 Å². The maximum Gasteiger partial charge on any atom is 0.123 e. The molecule has 2 nitrogen and oxygen atoms in total. The van der Waals surface area contributed by atoms with Crippen LogP contribution in [0.15, 0.2) is 35.9 Å². The standard InChI is InChI=1S/C14H20ClNO/c1-4-14(16-5-2)12-6-8-13(9-7-12)17-10-11(3)15/h6-9,14,16H,3-5,10H2,1-2H3. The maximum atomic E-state index is 5.64. The van der Waals surface area contributed by atoms with Gasteiger partial charge in [0, 0.05) is 11.1 Å². The van der Waals surface area contributed by atoms with E-state index in [4.69, 9.17) is 16.3 Å². The molecule has 0 heterocycles. The third-order valence-corrected chi connectivity index (χ3v) is 2.65. The van der Waals surface area contributed by atoms with E-state index in [2.05, 4.69) is 37.9 Å². The highest BCUT2D eigenvalue weighted by Crippen LogP contribution is 2.20. The maximum absolute atomic E-state index is 5.64.